The molecule has 2 bridgehead atoms. The van der Waals surface area contributed by atoms with E-state index in [1.807, 2.05) is 6.92 Å². The van der Waals surface area contributed by atoms with Gasteiger partial charge in [0, 0.05) is 17.7 Å². The summed E-state index contributed by atoms with van der Waals surface area (Å²) in [5, 5.41) is 10.7. The van der Waals surface area contributed by atoms with Gasteiger partial charge in [0.2, 0.25) is 11.8 Å². The van der Waals surface area contributed by atoms with Crippen molar-refractivity contribution in [3.05, 3.63) is 81.4 Å². The van der Waals surface area contributed by atoms with Crippen molar-refractivity contribution in [3.8, 4) is 0 Å². The van der Waals surface area contributed by atoms with Crippen molar-refractivity contribution in [1.29, 1.82) is 0 Å². The van der Waals surface area contributed by atoms with Gasteiger partial charge in [0.1, 0.15) is 0 Å². The van der Waals surface area contributed by atoms with Gasteiger partial charge in [0.05, 0.1) is 28.0 Å². The molecule has 34 heavy (non-hydrogen) atoms. The summed E-state index contributed by atoms with van der Waals surface area (Å²) in [4.78, 5) is 62.4. The van der Waals surface area contributed by atoms with Gasteiger partial charge in [-0.2, -0.15) is 0 Å². The van der Waals surface area contributed by atoms with E-state index in [0.29, 0.717) is 5.69 Å². The molecule has 9 heteroatoms. The predicted octanol–water partition coefficient (Wildman–Crippen LogP) is 3.34. The van der Waals surface area contributed by atoms with Crippen LogP contribution in [0.2, 0.25) is 0 Å². The fraction of sp³-hybridized carbons (Fsp3) is 0.280. The van der Waals surface area contributed by atoms with Crippen LogP contribution in [-0.2, 0) is 14.3 Å². The van der Waals surface area contributed by atoms with Crippen molar-refractivity contribution in [2.75, 3.05) is 11.5 Å². The summed E-state index contributed by atoms with van der Waals surface area (Å²) in [5.41, 5.74) is 1.58. The van der Waals surface area contributed by atoms with Gasteiger partial charge in [0.15, 0.2) is 12.4 Å². The number of imide groups is 1. The van der Waals surface area contributed by atoms with Gasteiger partial charge < -0.3 is 4.74 Å². The molecule has 2 aromatic carbocycles. The molecule has 0 radical (unpaired) electrons. The lowest BCUT2D eigenvalue weighted by atomic mass is 9.82. The predicted molar refractivity (Wildman–Crippen MR) is 119 cm³/mol. The highest BCUT2D eigenvalue weighted by Gasteiger charge is 2.60. The fourth-order valence-corrected chi connectivity index (χ4v) is 5.37. The van der Waals surface area contributed by atoms with Crippen LogP contribution in [0.15, 0.2) is 60.2 Å². The number of ketones is 1. The van der Waals surface area contributed by atoms with Gasteiger partial charge in [-0.25, -0.2) is 9.69 Å². The summed E-state index contributed by atoms with van der Waals surface area (Å²) in [7, 11) is 0. The maximum absolute atomic E-state index is 13.1. The van der Waals surface area contributed by atoms with Gasteiger partial charge in [-0.05, 0) is 55.5 Å². The number of carbonyl (C=O) groups is 4. The summed E-state index contributed by atoms with van der Waals surface area (Å²) < 4.78 is 5.11. The zero-order valence-electron chi connectivity index (χ0n) is 18.2. The summed E-state index contributed by atoms with van der Waals surface area (Å²) in [6, 6.07) is 11.0. The first-order chi connectivity index (χ1) is 16.3. The molecule has 2 aliphatic carbocycles. The first-order valence-electron chi connectivity index (χ1n) is 10.9. The molecule has 9 nitrogen and oxygen atoms in total. The Kier molecular flexibility index (Phi) is 5.11. The van der Waals surface area contributed by atoms with E-state index in [1.54, 1.807) is 12.1 Å². The fourth-order valence-electron chi connectivity index (χ4n) is 5.37. The average molecular weight is 460 g/mol. The van der Waals surface area contributed by atoms with Crippen LogP contribution in [0.4, 0.5) is 11.4 Å². The third-order valence-electron chi connectivity index (χ3n) is 6.96. The maximum atomic E-state index is 13.1. The molecule has 4 atom stereocenters. The van der Waals surface area contributed by atoms with Crippen molar-refractivity contribution in [1.82, 2.24) is 0 Å². The number of ether oxygens (including phenoxy) is 1. The topological polar surface area (TPSA) is 124 Å². The Morgan fingerprint density at radius 2 is 1.76 bits per heavy atom. The highest BCUT2D eigenvalue weighted by molar-refractivity contribution is 6.23. The smallest absolute Gasteiger partial charge is 0.338 e. The number of esters is 1. The lowest BCUT2D eigenvalue weighted by molar-refractivity contribution is -0.384. The number of hydrogen-bond acceptors (Lipinski definition) is 7. The molecule has 3 aliphatic rings. The summed E-state index contributed by atoms with van der Waals surface area (Å²) in [6.45, 7) is 1.44. The lowest BCUT2D eigenvalue weighted by Crippen LogP contribution is -2.33. The number of amides is 2. The van der Waals surface area contributed by atoms with Crippen LogP contribution < -0.4 is 4.90 Å². The minimum Gasteiger partial charge on any atom is -0.454 e. The number of nitro benzene ring substituents is 1. The highest BCUT2D eigenvalue weighted by atomic mass is 16.6. The largest absolute Gasteiger partial charge is 0.454 e. The van der Waals surface area contributed by atoms with Crippen molar-refractivity contribution in [2.24, 2.45) is 23.7 Å². The number of carbonyl (C=O) groups excluding carboxylic acids is 4. The zero-order valence-corrected chi connectivity index (χ0v) is 18.2. The molecule has 0 N–H and O–H groups in total. The molecule has 2 aromatic rings. The van der Waals surface area contributed by atoms with Gasteiger partial charge in [-0.1, -0.05) is 17.7 Å². The standard InChI is InChI=1S/C25H20N2O7/c1-13-9-16-11-19(13)22-21(16)23(29)26(24(22)30)18-4-2-3-15(10-18)25(31)34-12-20(28)14-5-7-17(8-6-14)27(32)33/h2-10,16,19,21-22H,11-12H2,1H3/t16-,19+,21-,22+/m0/s1. The van der Waals surface area contributed by atoms with Crippen LogP contribution >= 0.6 is 0 Å². The third kappa shape index (κ3) is 3.40. The van der Waals surface area contributed by atoms with Crippen molar-refractivity contribution >= 4 is 34.9 Å². The van der Waals surface area contributed by atoms with Crippen LogP contribution in [0.5, 0.6) is 0 Å². The molecule has 5 rings (SSSR count). The number of Topliss-reactive ketones (excluding diaryl/α,β-unsaturated/α-hetero) is 1. The second kappa shape index (κ2) is 8.02. The SMILES string of the molecule is CC1=C[C@H]2C[C@H]1[C@H]1C(=O)N(c3cccc(C(=O)OCC(=O)c4ccc([N+](=O)[O-])cc4)c3)C(=O)[C@H]12. The van der Waals surface area contributed by atoms with Gasteiger partial charge in [-0.3, -0.25) is 24.5 Å². The maximum Gasteiger partial charge on any atom is 0.338 e. The first-order valence-corrected chi connectivity index (χ1v) is 10.9. The first kappa shape index (κ1) is 21.7. The average Bonchev–Trinajstić information content (AvgIpc) is 3.47. The number of hydrogen-bond donors (Lipinski definition) is 0. The Morgan fingerprint density at radius 3 is 2.47 bits per heavy atom. The van der Waals surface area contributed by atoms with Crippen LogP contribution in [0.1, 0.15) is 34.1 Å². The molecular formula is C25H20N2O7. The van der Waals surface area contributed by atoms with E-state index in [4.69, 9.17) is 4.74 Å². The molecule has 2 fully saturated rings. The van der Waals surface area contributed by atoms with Gasteiger partial charge in [-0.15, -0.1) is 0 Å². The van der Waals surface area contributed by atoms with Crippen LogP contribution in [0.3, 0.4) is 0 Å². The number of anilines is 1. The molecule has 172 valence electrons. The second-order valence-electron chi connectivity index (χ2n) is 8.83. The number of fused-ring (bicyclic) bond motifs is 5. The van der Waals surface area contributed by atoms with Crippen LogP contribution in [0, 0.1) is 33.8 Å². The molecular weight excluding hydrogens is 440 g/mol. The normalized spacial score (nSPS) is 24.7. The van der Waals surface area contributed by atoms with E-state index in [1.165, 1.54) is 41.3 Å². The number of nitro groups is 1. The molecule has 2 amide bonds. The third-order valence-corrected chi connectivity index (χ3v) is 6.96. The summed E-state index contributed by atoms with van der Waals surface area (Å²) in [5.74, 6) is -2.32. The minimum absolute atomic E-state index is 0.0787. The van der Waals surface area contributed by atoms with Gasteiger partial charge in [0.25, 0.3) is 5.69 Å². The van der Waals surface area contributed by atoms with E-state index in [0.717, 1.165) is 12.0 Å². The van der Waals surface area contributed by atoms with Crippen molar-refractivity contribution in [3.63, 3.8) is 0 Å². The van der Waals surface area contributed by atoms with Crippen molar-refractivity contribution < 1.29 is 28.8 Å². The Morgan fingerprint density at radius 1 is 1.06 bits per heavy atom. The number of nitrogens with zero attached hydrogens (tertiary/aromatic N) is 2. The zero-order chi connectivity index (χ0) is 24.1. The van der Waals surface area contributed by atoms with Crippen LogP contribution in [-0.4, -0.2) is 35.1 Å². The quantitative estimate of drug-likeness (QED) is 0.162. The number of non-ortho nitro benzene ring substituents is 1. The minimum atomic E-state index is -0.783. The number of rotatable bonds is 6. The Hall–Kier alpha value is -4.14. The molecule has 0 unspecified atom stereocenters. The van der Waals surface area contributed by atoms with Crippen molar-refractivity contribution in [2.45, 2.75) is 13.3 Å². The molecule has 1 heterocycles. The Labute approximate surface area is 194 Å². The second-order valence-corrected chi connectivity index (χ2v) is 8.83. The number of benzene rings is 2. The Bertz CT molecular complexity index is 1280. The molecule has 1 saturated heterocycles. The molecule has 1 saturated carbocycles. The number of allylic oxidation sites excluding steroid dienone is 2. The van der Waals surface area contributed by atoms with E-state index in [-0.39, 0.29) is 52.3 Å². The monoisotopic (exact) mass is 460 g/mol. The summed E-state index contributed by atoms with van der Waals surface area (Å²) >= 11 is 0. The van der Waals surface area contributed by atoms with Crippen LogP contribution in [0.25, 0.3) is 0 Å². The summed E-state index contributed by atoms with van der Waals surface area (Å²) in [6.07, 6.45) is 2.93. The highest BCUT2D eigenvalue weighted by Crippen LogP contribution is 2.55. The van der Waals surface area contributed by atoms with E-state index >= 15 is 0 Å². The van der Waals surface area contributed by atoms with E-state index in [9.17, 15) is 29.3 Å². The molecule has 0 aromatic heterocycles. The Balaban J connectivity index is 1.28. The lowest BCUT2D eigenvalue weighted by Gasteiger charge is -2.19. The van der Waals surface area contributed by atoms with E-state index < -0.39 is 23.3 Å². The van der Waals surface area contributed by atoms with E-state index in [2.05, 4.69) is 6.08 Å². The molecule has 1 aliphatic heterocycles. The molecule has 0 spiro atoms. The van der Waals surface area contributed by atoms with Gasteiger partial charge >= 0.3 is 5.97 Å².